The van der Waals surface area contributed by atoms with Gasteiger partial charge in [0.15, 0.2) is 6.79 Å². The lowest BCUT2D eigenvalue weighted by molar-refractivity contribution is -0.151. The monoisotopic (exact) mass is 362 g/mol. The molecular formula is C15H17Cl2NO5. The largest absolute Gasteiger partial charge is 0.467 e. The lowest BCUT2D eigenvalue weighted by Gasteiger charge is -2.21. The van der Waals surface area contributed by atoms with Gasteiger partial charge in [0, 0.05) is 25.1 Å². The summed E-state index contributed by atoms with van der Waals surface area (Å²) in [6.07, 6.45) is 0. The van der Waals surface area contributed by atoms with Crippen molar-refractivity contribution in [3.8, 4) is 5.75 Å². The van der Waals surface area contributed by atoms with E-state index in [0.29, 0.717) is 5.56 Å². The van der Waals surface area contributed by atoms with Gasteiger partial charge in [0.1, 0.15) is 11.7 Å². The summed E-state index contributed by atoms with van der Waals surface area (Å²) in [6, 6.07) is 1.36. The van der Waals surface area contributed by atoms with Crippen LogP contribution in [0.3, 0.4) is 0 Å². The molecule has 1 fully saturated rings. The minimum atomic E-state index is -1.06. The molecule has 0 spiro atoms. The van der Waals surface area contributed by atoms with E-state index in [2.05, 4.69) is 5.32 Å². The van der Waals surface area contributed by atoms with Gasteiger partial charge in [-0.3, -0.25) is 9.59 Å². The number of hydrogen-bond acceptors (Lipinski definition) is 5. The highest BCUT2D eigenvalue weighted by Crippen LogP contribution is 2.43. The molecule has 0 saturated carbocycles. The standard InChI is InChI=1S/C15H17Cl2NO5/c1-3-22-15(20)12-8(6-18-14(12)19)11-10(23-7-21-2)5-4-9(16)13(11)17/h4-5,8,12H,3,6-7H2,1-2H3,(H,18,19)/i4D. The number of halogens is 2. The van der Waals surface area contributed by atoms with Gasteiger partial charge in [0.05, 0.1) is 18.0 Å². The maximum atomic E-state index is 12.2. The van der Waals surface area contributed by atoms with Crippen LogP contribution in [-0.2, 0) is 19.1 Å². The number of ether oxygens (including phenoxy) is 3. The number of hydrogen-bond donors (Lipinski definition) is 1. The number of esters is 1. The summed E-state index contributed by atoms with van der Waals surface area (Å²) >= 11 is 12.4. The molecule has 8 heteroatoms. The Morgan fingerprint density at radius 2 is 2.26 bits per heavy atom. The maximum absolute atomic E-state index is 12.2. The van der Waals surface area contributed by atoms with Crippen LogP contribution in [-0.4, -0.2) is 38.9 Å². The van der Waals surface area contributed by atoms with E-state index in [1.54, 1.807) is 6.92 Å². The fourth-order valence-electron chi connectivity index (χ4n) is 2.48. The predicted molar refractivity (Wildman–Crippen MR) is 84.8 cm³/mol. The van der Waals surface area contributed by atoms with Gasteiger partial charge in [0.25, 0.3) is 0 Å². The second-order valence-electron chi connectivity index (χ2n) is 4.83. The van der Waals surface area contributed by atoms with Crippen molar-refractivity contribution in [3.05, 3.63) is 27.7 Å². The minimum absolute atomic E-state index is 0.0263. The molecule has 2 atom stereocenters. The first-order valence-corrected chi connectivity index (χ1v) is 7.72. The molecule has 2 rings (SSSR count). The molecule has 1 N–H and O–H groups in total. The van der Waals surface area contributed by atoms with Gasteiger partial charge in [-0.2, -0.15) is 0 Å². The molecule has 1 aromatic carbocycles. The van der Waals surface area contributed by atoms with Crippen LogP contribution in [0.4, 0.5) is 0 Å². The third kappa shape index (κ3) is 3.71. The van der Waals surface area contributed by atoms with E-state index in [9.17, 15) is 9.59 Å². The smallest absolute Gasteiger partial charge is 0.319 e. The summed E-state index contributed by atoms with van der Waals surface area (Å²) in [4.78, 5) is 24.2. The molecule has 0 aliphatic carbocycles. The van der Waals surface area contributed by atoms with E-state index in [1.807, 2.05) is 0 Å². The van der Waals surface area contributed by atoms with Gasteiger partial charge in [-0.25, -0.2) is 0 Å². The highest BCUT2D eigenvalue weighted by Gasteiger charge is 2.44. The molecule has 1 aromatic rings. The predicted octanol–water partition coefficient (Wildman–Crippen LogP) is 2.37. The topological polar surface area (TPSA) is 73.9 Å². The Hall–Kier alpha value is -1.50. The SMILES string of the molecule is [2H]c1cc(OCOC)c(C2CNC(=O)C2C(=O)OCC)c(Cl)c1Cl. The summed E-state index contributed by atoms with van der Waals surface area (Å²) < 4.78 is 23.2. The first-order valence-electron chi connectivity index (χ1n) is 7.46. The molecule has 6 nitrogen and oxygen atoms in total. The van der Waals surface area contributed by atoms with Crippen molar-refractivity contribution in [1.82, 2.24) is 5.32 Å². The molecule has 1 heterocycles. The highest BCUT2D eigenvalue weighted by atomic mass is 35.5. The number of carbonyl (C=O) groups is 2. The van der Waals surface area contributed by atoms with Gasteiger partial charge in [-0.1, -0.05) is 23.2 Å². The zero-order valence-electron chi connectivity index (χ0n) is 13.7. The van der Waals surface area contributed by atoms with Crippen molar-refractivity contribution < 1.29 is 25.2 Å². The number of benzene rings is 1. The van der Waals surface area contributed by atoms with E-state index in [0.717, 1.165) is 0 Å². The van der Waals surface area contributed by atoms with E-state index in [-0.39, 0.29) is 41.8 Å². The number of amides is 1. The summed E-state index contributed by atoms with van der Waals surface area (Å²) in [7, 11) is 1.45. The van der Waals surface area contributed by atoms with Crippen LogP contribution in [0.25, 0.3) is 0 Å². The average molecular weight is 363 g/mol. The van der Waals surface area contributed by atoms with E-state index in [4.69, 9.17) is 38.8 Å². The lowest BCUT2D eigenvalue weighted by Crippen LogP contribution is -2.29. The minimum Gasteiger partial charge on any atom is -0.467 e. The van der Waals surface area contributed by atoms with E-state index < -0.39 is 23.7 Å². The first-order chi connectivity index (χ1) is 11.4. The third-order valence-electron chi connectivity index (χ3n) is 3.45. The molecule has 0 bridgehead atoms. The summed E-state index contributed by atoms with van der Waals surface area (Å²) in [5.74, 6) is -2.52. The molecule has 0 radical (unpaired) electrons. The van der Waals surface area contributed by atoms with Crippen molar-refractivity contribution >= 4 is 35.1 Å². The van der Waals surface area contributed by atoms with Crippen LogP contribution in [0.5, 0.6) is 5.75 Å². The highest BCUT2D eigenvalue weighted by molar-refractivity contribution is 6.42. The quantitative estimate of drug-likeness (QED) is 0.477. The van der Waals surface area contributed by atoms with Crippen LogP contribution < -0.4 is 10.1 Å². The third-order valence-corrected chi connectivity index (χ3v) is 4.24. The molecule has 126 valence electrons. The molecule has 1 amide bonds. The normalized spacial score (nSPS) is 20.9. The zero-order chi connectivity index (χ0) is 17.9. The lowest BCUT2D eigenvalue weighted by atomic mass is 9.88. The molecule has 1 aliphatic rings. The van der Waals surface area contributed by atoms with Crippen LogP contribution in [0.15, 0.2) is 12.1 Å². The van der Waals surface area contributed by atoms with Crippen molar-refractivity contribution in [2.75, 3.05) is 27.1 Å². The van der Waals surface area contributed by atoms with Crippen molar-refractivity contribution in [1.29, 1.82) is 0 Å². The molecule has 23 heavy (non-hydrogen) atoms. The Morgan fingerprint density at radius 3 is 2.91 bits per heavy atom. The maximum Gasteiger partial charge on any atom is 0.319 e. The first kappa shape index (κ1) is 16.4. The Kier molecular flexibility index (Phi) is 5.59. The van der Waals surface area contributed by atoms with Crippen molar-refractivity contribution in [2.45, 2.75) is 12.8 Å². The van der Waals surface area contributed by atoms with Crippen LogP contribution >= 0.6 is 23.2 Å². The molecule has 0 aromatic heterocycles. The van der Waals surface area contributed by atoms with Crippen LogP contribution in [0, 0.1) is 5.92 Å². The van der Waals surface area contributed by atoms with E-state index in [1.165, 1.54) is 13.2 Å². The number of methoxy groups -OCH3 is 1. The Labute approximate surface area is 145 Å². The number of nitrogens with one attached hydrogen (secondary N) is 1. The van der Waals surface area contributed by atoms with Gasteiger partial charge < -0.3 is 19.5 Å². The Balaban J connectivity index is 2.50. The summed E-state index contributed by atoms with van der Waals surface area (Å²) in [6.45, 7) is 1.91. The van der Waals surface area contributed by atoms with Gasteiger partial charge in [-0.15, -0.1) is 0 Å². The molecule has 1 aliphatic heterocycles. The second kappa shape index (κ2) is 7.86. The molecule has 1 saturated heterocycles. The average Bonchev–Trinajstić information content (AvgIpc) is 2.92. The molecule has 2 unspecified atom stereocenters. The summed E-state index contributed by atoms with van der Waals surface area (Å²) in [5, 5.41) is 2.73. The Morgan fingerprint density at radius 1 is 1.52 bits per heavy atom. The van der Waals surface area contributed by atoms with Crippen molar-refractivity contribution in [3.63, 3.8) is 0 Å². The van der Waals surface area contributed by atoms with Gasteiger partial charge >= 0.3 is 5.97 Å². The van der Waals surface area contributed by atoms with Crippen LogP contribution in [0.1, 0.15) is 19.8 Å². The van der Waals surface area contributed by atoms with Crippen molar-refractivity contribution in [2.24, 2.45) is 5.92 Å². The van der Waals surface area contributed by atoms with Gasteiger partial charge in [0.2, 0.25) is 5.91 Å². The fraction of sp³-hybridized carbons (Fsp3) is 0.467. The number of carbonyl (C=O) groups excluding carboxylic acids is 2. The fourth-order valence-corrected chi connectivity index (χ4v) is 2.92. The zero-order valence-corrected chi connectivity index (χ0v) is 14.2. The number of rotatable bonds is 6. The van der Waals surface area contributed by atoms with Gasteiger partial charge in [-0.05, 0) is 19.0 Å². The Bertz CT molecular complexity index is 655. The molecular weight excluding hydrogens is 345 g/mol. The summed E-state index contributed by atoms with van der Waals surface area (Å²) in [5.41, 5.74) is 0.381. The van der Waals surface area contributed by atoms with Crippen LogP contribution in [0.2, 0.25) is 10.0 Å². The second-order valence-corrected chi connectivity index (χ2v) is 5.58. The van der Waals surface area contributed by atoms with E-state index >= 15 is 0 Å².